The fraction of sp³-hybridized carbons (Fsp3) is 0.219. The summed E-state index contributed by atoms with van der Waals surface area (Å²) >= 11 is 5.91. The molecule has 1 saturated heterocycles. The highest BCUT2D eigenvalue weighted by Crippen LogP contribution is 2.35. The molecular formula is C32H33ClFN5O11. The summed E-state index contributed by atoms with van der Waals surface area (Å²) in [5.74, 6) is -4.86. The molecule has 18 heteroatoms. The van der Waals surface area contributed by atoms with E-state index in [-0.39, 0.29) is 17.0 Å². The largest absolute Gasteiger partial charge is 0.486 e. The Kier molecular flexibility index (Phi) is 16.5. The van der Waals surface area contributed by atoms with E-state index in [0.29, 0.717) is 77.9 Å². The van der Waals surface area contributed by atoms with Crippen molar-refractivity contribution in [2.75, 3.05) is 44.5 Å². The van der Waals surface area contributed by atoms with E-state index in [0.717, 1.165) is 6.42 Å². The summed E-state index contributed by atoms with van der Waals surface area (Å²) < 4.78 is 25.1. The van der Waals surface area contributed by atoms with E-state index in [4.69, 9.17) is 41.5 Å². The number of carboxylic acids is 4. The summed E-state index contributed by atoms with van der Waals surface area (Å²) in [5, 5.41) is 37.9. The Labute approximate surface area is 289 Å². The van der Waals surface area contributed by atoms with E-state index in [1.165, 1.54) is 24.5 Å². The molecule has 0 spiro atoms. The highest BCUT2D eigenvalue weighted by molar-refractivity contribution is 6.31. The molecule has 1 aliphatic rings. The Bertz CT molecular complexity index is 1710. The van der Waals surface area contributed by atoms with Gasteiger partial charge in [0.1, 0.15) is 29.8 Å². The molecule has 3 aromatic rings. The van der Waals surface area contributed by atoms with Crippen LogP contribution < -0.4 is 15.4 Å². The summed E-state index contributed by atoms with van der Waals surface area (Å²) in [4.78, 5) is 61.4. The third kappa shape index (κ3) is 15.3. The van der Waals surface area contributed by atoms with Crippen LogP contribution in [-0.2, 0) is 28.7 Å². The molecule has 0 bridgehead atoms. The number of ether oxygens (including phenoxy) is 2. The van der Waals surface area contributed by atoms with Crippen molar-refractivity contribution in [1.29, 1.82) is 0 Å². The summed E-state index contributed by atoms with van der Waals surface area (Å²) in [6.07, 6.45) is 7.55. The number of nitrogens with zero attached hydrogens (tertiary/aromatic N) is 3. The number of fused-ring (bicyclic) bond motifs is 1. The lowest BCUT2D eigenvalue weighted by Crippen LogP contribution is -2.18. The maximum Gasteiger partial charge on any atom is 0.328 e. The van der Waals surface area contributed by atoms with Crippen LogP contribution in [0.4, 0.5) is 21.6 Å². The van der Waals surface area contributed by atoms with Crippen molar-refractivity contribution in [2.45, 2.75) is 12.5 Å². The average molecular weight is 718 g/mol. The molecular weight excluding hydrogens is 685 g/mol. The number of likely N-dealkylation sites (N-methyl/N-ethyl adjacent to an activating group) is 1. The first-order valence-electron chi connectivity index (χ1n) is 14.3. The van der Waals surface area contributed by atoms with Crippen molar-refractivity contribution in [3.05, 3.63) is 84.0 Å². The number of carbonyl (C=O) groups is 5. The van der Waals surface area contributed by atoms with Crippen molar-refractivity contribution < 1.29 is 58.3 Å². The van der Waals surface area contributed by atoms with Gasteiger partial charge >= 0.3 is 23.9 Å². The number of halogens is 2. The van der Waals surface area contributed by atoms with Gasteiger partial charge in [0.15, 0.2) is 0 Å². The summed E-state index contributed by atoms with van der Waals surface area (Å²) in [6.45, 7) is 1.75. The van der Waals surface area contributed by atoms with Crippen molar-refractivity contribution in [1.82, 2.24) is 14.9 Å². The van der Waals surface area contributed by atoms with Gasteiger partial charge in [0.05, 0.1) is 29.4 Å². The van der Waals surface area contributed by atoms with E-state index < -0.39 is 29.7 Å². The number of hydrogen-bond donors (Lipinski definition) is 6. The Balaban J connectivity index is 0.000000450. The number of hydrogen-bond acceptors (Lipinski definition) is 11. The van der Waals surface area contributed by atoms with E-state index in [1.54, 1.807) is 24.3 Å². The monoisotopic (exact) mass is 717 g/mol. The van der Waals surface area contributed by atoms with Gasteiger partial charge in [-0.05, 0) is 38.4 Å². The van der Waals surface area contributed by atoms with Crippen molar-refractivity contribution in [3.63, 3.8) is 0 Å². The molecule has 266 valence electrons. The van der Waals surface area contributed by atoms with Crippen LogP contribution in [0.2, 0.25) is 5.02 Å². The second-order valence-electron chi connectivity index (χ2n) is 10.1. The number of anilines is 3. The van der Waals surface area contributed by atoms with Gasteiger partial charge in [-0.3, -0.25) is 4.79 Å². The van der Waals surface area contributed by atoms with Crippen molar-refractivity contribution in [2.24, 2.45) is 0 Å². The Morgan fingerprint density at radius 3 is 2.10 bits per heavy atom. The third-order valence-electron chi connectivity index (χ3n) is 5.84. The molecule has 50 heavy (non-hydrogen) atoms. The minimum Gasteiger partial charge on any atom is -0.486 e. The lowest BCUT2D eigenvalue weighted by atomic mass is 10.1. The number of aliphatic carboxylic acids is 4. The first-order valence-corrected chi connectivity index (χ1v) is 14.7. The number of carbonyl (C=O) groups excluding carboxylic acids is 1. The smallest absolute Gasteiger partial charge is 0.328 e. The number of amides is 1. The lowest BCUT2D eigenvalue weighted by molar-refractivity contribution is -0.134. The number of nitrogens with one attached hydrogen (secondary N) is 2. The molecule has 1 aromatic heterocycles. The van der Waals surface area contributed by atoms with E-state index in [9.17, 15) is 28.4 Å². The highest BCUT2D eigenvalue weighted by atomic mass is 35.5. The number of rotatable bonds is 12. The second-order valence-corrected chi connectivity index (χ2v) is 10.5. The van der Waals surface area contributed by atoms with Crippen molar-refractivity contribution in [3.8, 4) is 5.75 Å². The molecule has 4 rings (SSSR count). The van der Waals surface area contributed by atoms with Gasteiger partial charge in [0.2, 0.25) is 5.91 Å². The van der Waals surface area contributed by atoms with Crippen LogP contribution in [0.25, 0.3) is 10.9 Å². The molecule has 0 unspecified atom stereocenters. The van der Waals surface area contributed by atoms with E-state index in [2.05, 4.69) is 20.6 Å². The average Bonchev–Trinajstić information content (AvgIpc) is 3.55. The molecule has 1 atom stereocenters. The van der Waals surface area contributed by atoms with Gasteiger partial charge in [-0.2, -0.15) is 0 Å². The minimum atomic E-state index is -1.26. The molecule has 0 radical (unpaired) electrons. The molecule has 6 N–H and O–H groups in total. The predicted molar refractivity (Wildman–Crippen MR) is 179 cm³/mol. The topological polar surface area (TPSA) is 238 Å². The molecule has 1 aliphatic heterocycles. The van der Waals surface area contributed by atoms with Gasteiger partial charge in [0.25, 0.3) is 0 Å². The van der Waals surface area contributed by atoms with Crippen LogP contribution in [0.15, 0.2) is 73.1 Å². The SMILES string of the molecule is CN(C)C/C=C/C(=O)Nc1cc2c(Nc3ccc(F)c(Cl)c3)ncnc2cc1O[C@@H]1CCOC1.O=C(O)/C=C/C(=O)O.O=C(O)/C=C/C(=O)O. The maximum atomic E-state index is 13.6. The van der Waals surface area contributed by atoms with Gasteiger partial charge < -0.3 is 45.4 Å². The number of aromatic nitrogens is 2. The Morgan fingerprint density at radius 2 is 1.58 bits per heavy atom. The molecule has 0 saturated carbocycles. The summed E-state index contributed by atoms with van der Waals surface area (Å²) in [5.41, 5.74) is 1.65. The molecule has 2 aromatic carbocycles. The van der Waals surface area contributed by atoms with E-state index >= 15 is 0 Å². The zero-order valence-electron chi connectivity index (χ0n) is 26.6. The van der Waals surface area contributed by atoms with Gasteiger partial charge in [-0.25, -0.2) is 33.5 Å². The maximum absolute atomic E-state index is 13.6. The molecule has 2 heterocycles. The van der Waals surface area contributed by atoms with Gasteiger partial charge in [-0.15, -0.1) is 0 Å². The van der Waals surface area contributed by atoms with Crippen LogP contribution >= 0.6 is 11.6 Å². The fourth-order valence-corrected chi connectivity index (χ4v) is 3.89. The van der Waals surface area contributed by atoms with Crippen LogP contribution in [0.5, 0.6) is 5.75 Å². The van der Waals surface area contributed by atoms with Crippen molar-refractivity contribution >= 4 is 69.5 Å². The zero-order chi connectivity index (χ0) is 37.2. The molecule has 0 aliphatic carbocycles. The summed E-state index contributed by atoms with van der Waals surface area (Å²) in [6, 6.07) is 7.82. The Morgan fingerprint density at radius 1 is 0.960 bits per heavy atom. The summed E-state index contributed by atoms with van der Waals surface area (Å²) in [7, 11) is 3.84. The minimum absolute atomic E-state index is 0.00436. The van der Waals surface area contributed by atoms with Crippen LogP contribution in [0, 0.1) is 5.82 Å². The van der Waals surface area contributed by atoms with Gasteiger partial charge in [-0.1, -0.05) is 17.7 Å². The molecule has 1 amide bonds. The zero-order valence-corrected chi connectivity index (χ0v) is 27.3. The molecule has 16 nitrogen and oxygen atoms in total. The number of benzene rings is 2. The fourth-order valence-electron chi connectivity index (χ4n) is 3.70. The first kappa shape index (κ1) is 40.3. The standard InChI is InChI=1S/C24H25ClFN5O3.2C4H4O4/c1-31(2)8-3-4-23(32)30-21-11-17-20(12-22(21)34-16-7-9-33-13-16)27-14-28-24(17)29-15-5-6-19(26)18(25)10-15;2*5-3(6)1-2-4(7)8/h3-6,10-12,14,16H,7-9,13H2,1-2H3,(H,30,32)(H,27,28,29);2*1-2H,(H,5,6)(H,7,8)/b4-3+;2*2-1+/t16-;;/m1../s1. The highest BCUT2D eigenvalue weighted by Gasteiger charge is 2.21. The van der Waals surface area contributed by atoms with E-state index in [1.807, 2.05) is 19.0 Å². The first-order chi connectivity index (χ1) is 23.6. The third-order valence-corrected chi connectivity index (χ3v) is 6.12. The van der Waals surface area contributed by atoms with Crippen LogP contribution in [0.1, 0.15) is 6.42 Å². The number of carboxylic acid groups (broad SMARTS) is 4. The predicted octanol–water partition coefficient (Wildman–Crippen LogP) is 3.81. The second kappa shape index (κ2) is 20.5. The van der Waals surface area contributed by atoms with Crippen LogP contribution in [0.3, 0.4) is 0 Å². The normalized spacial score (nSPS) is 13.8. The lowest BCUT2D eigenvalue weighted by Gasteiger charge is -2.17. The Hall–Kier alpha value is -5.91. The van der Waals surface area contributed by atoms with Gasteiger partial charge in [0, 0.05) is 60.5 Å². The van der Waals surface area contributed by atoms with Crippen LogP contribution in [-0.4, -0.2) is 105 Å². The quantitative estimate of drug-likeness (QED) is 0.146. The molecule has 1 fully saturated rings.